The van der Waals surface area contributed by atoms with Gasteiger partial charge in [0.2, 0.25) is 11.9 Å². The first kappa shape index (κ1) is 16.2. The Bertz CT molecular complexity index is 517. The molecule has 2 fully saturated rings. The number of hydrogen-bond donors (Lipinski definition) is 1. The molecule has 0 radical (unpaired) electrons. The number of anilines is 1. The Kier molecular flexibility index (Phi) is 4.80. The van der Waals surface area contributed by atoms with E-state index in [4.69, 9.17) is 4.74 Å². The van der Waals surface area contributed by atoms with Crippen LogP contribution in [-0.4, -0.2) is 47.7 Å². The first-order valence-corrected chi connectivity index (χ1v) is 8.52. The number of nitrogens with one attached hydrogen (secondary N) is 1. The smallest absolute Gasteiger partial charge is 0.249 e. The molecule has 3 heterocycles. The monoisotopic (exact) mass is 318 g/mol. The van der Waals surface area contributed by atoms with Crippen molar-refractivity contribution in [3.8, 4) is 0 Å². The largest absolute Gasteiger partial charge is 0.368 e. The molecule has 2 saturated heterocycles. The van der Waals surface area contributed by atoms with E-state index in [9.17, 15) is 4.79 Å². The standard InChI is InChI=1S/C17H26N4O2/c1-13(2)20-15(22)14-4-5-17(12-23-14)6-10-21(11-7-17)16-18-8-3-9-19-16/h3,8-9,13-14H,4-7,10-12H2,1-2H3,(H,20,22)/t14-/m0/s1. The van der Waals surface area contributed by atoms with Crippen LogP contribution in [0.25, 0.3) is 0 Å². The molecular formula is C17H26N4O2. The summed E-state index contributed by atoms with van der Waals surface area (Å²) in [4.78, 5) is 23.0. The normalized spacial score (nSPS) is 24.0. The average Bonchev–Trinajstić information content (AvgIpc) is 2.56. The van der Waals surface area contributed by atoms with E-state index in [0.29, 0.717) is 6.61 Å². The van der Waals surface area contributed by atoms with E-state index >= 15 is 0 Å². The van der Waals surface area contributed by atoms with Gasteiger partial charge in [0.25, 0.3) is 0 Å². The van der Waals surface area contributed by atoms with Gasteiger partial charge in [-0.05, 0) is 51.0 Å². The van der Waals surface area contributed by atoms with Gasteiger partial charge in [-0.15, -0.1) is 0 Å². The lowest BCUT2D eigenvalue weighted by Gasteiger charge is -2.45. The van der Waals surface area contributed by atoms with Gasteiger partial charge >= 0.3 is 0 Å². The van der Waals surface area contributed by atoms with Gasteiger partial charge in [-0.2, -0.15) is 0 Å². The maximum Gasteiger partial charge on any atom is 0.249 e. The molecule has 0 bridgehead atoms. The SMILES string of the molecule is CC(C)NC(=O)[C@@H]1CCC2(CCN(c3ncccn3)CC2)CO1. The molecule has 6 nitrogen and oxygen atoms in total. The van der Waals surface area contributed by atoms with E-state index in [1.165, 1.54) is 0 Å². The fourth-order valence-corrected chi connectivity index (χ4v) is 3.48. The van der Waals surface area contributed by atoms with E-state index in [0.717, 1.165) is 44.7 Å². The van der Waals surface area contributed by atoms with Gasteiger partial charge in [0.05, 0.1) is 6.61 Å². The van der Waals surface area contributed by atoms with Crippen LogP contribution < -0.4 is 10.2 Å². The van der Waals surface area contributed by atoms with Gasteiger partial charge in [0.15, 0.2) is 0 Å². The minimum Gasteiger partial charge on any atom is -0.368 e. The van der Waals surface area contributed by atoms with E-state index in [-0.39, 0.29) is 23.5 Å². The highest BCUT2D eigenvalue weighted by atomic mass is 16.5. The van der Waals surface area contributed by atoms with Crippen LogP contribution in [0.5, 0.6) is 0 Å². The van der Waals surface area contributed by atoms with Crippen molar-refractivity contribution >= 4 is 11.9 Å². The quantitative estimate of drug-likeness (QED) is 0.920. The molecule has 1 aromatic heterocycles. The molecule has 1 spiro atoms. The Morgan fingerprint density at radius 3 is 2.57 bits per heavy atom. The Morgan fingerprint density at radius 1 is 1.30 bits per heavy atom. The summed E-state index contributed by atoms with van der Waals surface area (Å²) in [7, 11) is 0. The minimum atomic E-state index is -0.279. The number of piperidine rings is 1. The van der Waals surface area contributed by atoms with Crippen molar-refractivity contribution in [3.05, 3.63) is 18.5 Å². The molecule has 1 aromatic rings. The molecule has 3 rings (SSSR count). The number of hydrogen-bond acceptors (Lipinski definition) is 5. The maximum atomic E-state index is 12.1. The Morgan fingerprint density at radius 2 is 2.00 bits per heavy atom. The fraction of sp³-hybridized carbons (Fsp3) is 0.706. The molecule has 2 aliphatic heterocycles. The number of carbonyl (C=O) groups excluding carboxylic acids is 1. The average molecular weight is 318 g/mol. The molecule has 1 amide bonds. The van der Waals surface area contributed by atoms with Crippen LogP contribution in [0.2, 0.25) is 0 Å². The topological polar surface area (TPSA) is 67.4 Å². The van der Waals surface area contributed by atoms with Gasteiger partial charge < -0.3 is 15.0 Å². The van der Waals surface area contributed by atoms with Crippen LogP contribution in [0.4, 0.5) is 5.95 Å². The van der Waals surface area contributed by atoms with Crippen molar-refractivity contribution in [1.82, 2.24) is 15.3 Å². The third kappa shape index (κ3) is 3.80. The number of rotatable bonds is 3. The summed E-state index contributed by atoms with van der Waals surface area (Å²) >= 11 is 0. The lowest BCUT2D eigenvalue weighted by molar-refractivity contribution is -0.143. The number of nitrogens with zero attached hydrogens (tertiary/aromatic N) is 3. The Hall–Kier alpha value is -1.69. The second kappa shape index (κ2) is 6.83. The zero-order valence-electron chi connectivity index (χ0n) is 14.0. The predicted octanol–water partition coefficient (Wildman–Crippen LogP) is 1.77. The summed E-state index contributed by atoms with van der Waals surface area (Å²) < 4.78 is 5.91. The molecule has 126 valence electrons. The third-order valence-electron chi connectivity index (χ3n) is 4.91. The maximum absolute atomic E-state index is 12.1. The van der Waals surface area contributed by atoms with E-state index < -0.39 is 0 Å². The minimum absolute atomic E-state index is 0.0324. The van der Waals surface area contributed by atoms with E-state index in [1.807, 2.05) is 19.9 Å². The molecule has 1 N–H and O–H groups in total. The van der Waals surface area contributed by atoms with Gasteiger partial charge in [-0.25, -0.2) is 9.97 Å². The number of ether oxygens (including phenoxy) is 1. The zero-order chi connectivity index (χ0) is 16.3. The molecule has 6 heteroatoms. The Labute approximate surface area is 137 Å². The summed E-state index contributed by atoms with van der Waals surface area (Å²) in [6.07, 6.45) is 7.32. The van der Waals surface area contributed by atoms with Crippen molar-refractivity contribution in [2.24, 2.45) is 5.41 Å². The summed E-state index contributed by atoms with van der Waals surface area (Å²) in [6.45, 7) is 6.55. The summed E-state index contributed by atoms with van der Waals surface area (Å²) in [6, 6.07) is 2.00. The van der Waals surface area contributed by atoms with Crippen LogP contribution in [0.1, 0.15) is 39.5 Å². The lowest BCUT2D eigenvalue weighted by Crippen LogP contribution is -2.49. The summed E-state index contributed by atoms with van der Waals surface area (Å²) in [5.74, 6) is 0.846. The van der Waals surface area contributed by atoms with Gasteiger partial charge in [-0.3, -0.25) is 4.79 Å². The third-order valence-corrected chi connectivity index (χ3v) is 4.91. The predicted molar refractivity (Wildman–Crippen MR) is 88.2 cm³/mol. The number of carbonyl (C=O) groups is 1. The van der Waals surface area contributed by atoms with Gasteiger partial charge in [0, 0.05) is 31.5 Å². The van der Waals surface area contributed by atoms with Crippen molar-refractivity contribution in [3.63, 3.8) is 0 Å². The lowest BCUT2D eigenvalue weighted by atomic mass is 9.73. The van der Waals surface area contributed by atoms with Crippen LogP contribution >= 0.6 is 0 Å². The van der Waals surface area contributed by atoms with E-state index in [1.54, 1.807) is 12.4 Å². The highest BCUT2D eigenvalue weighted by Crippen LogP contribution is 2.41. The van der Waals surface area contributed by atoms with Crippen LogP contribution in [0.15, 0.2) is 18.5 Å². The molecule has 0 unspecified atom stereocenters. The van der Waals surface area contributed by atoms with Crippen molar-refractivity contribution in [2.45, 2.75) is 51.7 Å². The molecular weight excluding hydrogens is 292 g/mol. The van der Waals surface area contributed by atoms with Gasteiger partial charge in [-0.1, -0.05) is 0 Å². The second-order valence-electron chi connectivity index (χ2n) is 7.04. The highest BCUT2D eigenvalue weighted by Gasteiger charge is 2.40. The highest BCUT2D eigenvalue weighted by molar-refractivity contribution is 5.81. The zero-order valence-corrected chi connectivity index (χ0v) is 14.0. The first-order chi connectivity index (χ1) is 11.1. The van der Waals surface area contributed by atoms with E-state index in [2.05, 4.69) is 20.2 Å². The van der Waals surface area contributed by atoms with Gasteiger partial charge in [0.1, 0.15) is 6.10 Å². The van der Waals surface area contributed by atoms with Crippen LogP contribution in [-0.2, 0) is 9.53 Å². The van der Waals surface area contributed by atoms with Crippen molar-refractivity contribution < 1.29 is 9.53 Å². The van der Waals surface area contributed by atoms with Crippen LogP contribution in [0, 0.1) is 5.41 Å². The molecule has 2 aliphatic rings. The second-order valence-corrected chi connectivity index (χ2v) is 7.04. The van der Waals surface area contributed by atoms with Crippen molar-refractivity contribution in [1.29, 1.82) is 0 Å². The number of amides is 1. The van der Waals surface area contributed by atoms with Crippen LogP contribution in [0.3, 0.4) is 0 Å². The molecule has 0 aliphatic carbocycles. The molecule has 0 aromatic carbocycles. The van der Waals surface area contributed by atoms with Crippen molar-refractivity contribution in [2.75, 3.05) is 24.6 Å². The fourth-order valence-electron chi connectivity index (χ4n) is 3.48. The molecule has 1 atom stereocenters. The molecule has 0 saturated carbocycles. The number of aromatic nitrogens is 2. The first-order valence-electron chi connectivity index (χ1n) is 8.52. The summed E-state index contributed by atoms with van der Waals surface area (Å²) in [5, 5.41) is 2.94. The Balaban J connectivity index is 1.51. The molecule has 23 heavy (non-hydrogen) atoms. The summed E-state index contributed by atoms with van der Waals surface area (Å²) in [5.41, 5.74) is 0.222.